The second kappa shape index (κ2) is 5.24. The minimum absolute atomic E-state index is 0.0219. The summed E-state index contributed by atoms with van der Waals surface area (Å²) in [5, 5.41) is 1.05. The molecule has 0 amide bonds. The van der Waals surface area contributed by atoms with Crippen LogP contribution in [0, 0.1) is 20.8 Å². The molecule has 2 aromatic rings. The summed E-state index contributed by atoms with van der Waals surface area (Å²) in [7, 11) is 0. The second-order valence-electron chi connectivity index (χ2n) is 4.29. The molecule has 0 bridgehead atoms. The highest BCUT2D eigenvalue weighted by Crippen LogP contribution is 2.20. The van der Waals surface area contributed by atoms with Gasteiger partial charge in [0.2, 0.25) is 0 Å². The number of thiazole rings is 1. The maximum absolute atomic E-state index is 11.7. The molecule has 3 nitrogen and oxygen atoms in total. The van der Waals surface area contributed by atoms with Gasteiger partial charge in [-0.25, -0.2) is 4.98 Å². The first-order valence-corrected chi connectivity index (χ1v) is 7.05. The van der Waals surface area contributed by atoms with E-state index < -0.39 is 0 Å². The van der Waals surface area contributed by atoms with Gasteiger partial charge in [0.15, 0.2) is 5.78 Å². The van der Waals surface area contributed by atoms with Crippen LogP contribution in [-0.4, -0.2) is 21.2 Å². The Morgan fingerprint density at radius 1 is 1.44 bits per heavy atom. The predicted molar refractivity (Wildman–Crippen MR) is 74.9 cm³/mol. The van der Waals surface area contributed by atoms with E-state index in [9.17, 15) is 4.79 Å². The number of halogens is 1. The van der Waals surface area contributed by atoms with Crippen molar-refractivity contribution in [1.29, 1.82) is 0 Å². The number of hydrogen-bond acceptors (Lipinski definition) is 3. The van der Waals surface area contributed by atoms with Crippen molar-refractivity contribution in [3.8, 4) is 0 Å². The average molecular weight is 283 g/mol. The maximum Gasteiger partial charge on any atom is 0.179 e. The summed E-state index contributed by atoms with van der Waals surface area (Å²) in [5.41, 5.74) is 2.75. The van der Waals surface area contributed by atoms with Gasteiger partial charge in [0.25, 0.3) is 0 Å². The van der Waals surface area contributed by atoms with Crippen molar-refractivity contribution in [3.63, 3.8) is 0 Å². The molecule has 96 valence electrons. The van der Waals surface area contributed by atoms with Crippen LogP contribution in [0.15, 0.2) is 12.3 Å². The topological polar surface area (TPSA) is 34.9 Å². The lowest BCUT2D eigenvalue weighted by Crippen LogP contribution is -2.06. The SMILES string of the molecule is Cc1cnc(Cn2c(C)cc(C(=O)CCl)c2C)s1. The molecule has 0 radical (unpaired) electrons. The zero-order valence-corrected chi connectivity index (χ0v) is 12.2. The summed E-state index contributed by atoms with van der Waals surface area (Å²) in [6, 6.07) is 1.90. The fourth-order valence-corrected chi connectivity index (χ4v) is 2.93. The van der Waals surface area contributed by atoms with Gasteiger partial charge in [0, 0.05) is 28.0 Å². The van der Waals surface area contributed by atoms with Gasteiger partial charge < -0.3 is 4.57 Å². The number of Topliss-reactive ketones (excluding diaryl/α,β-unsaturated/α-hetero) is 1. The maximum atomic E-state index is 11.7. The van der Waals surface area contributed by atoms with E-state index in [1.165, 1.54) is 4.88 Å². The van der Waals surface area contributed by atoms with Crippen molar-refractivity contribution in [2.45, 2.75) is 27.3 Å². The number of rotatable bonds is 4. The van der Waals surface area contributed by atoms with Gasteiger partial charge in [-0.3, -0.25) is 4.79 Å². The smallest absolute Gasteiger partial charge is 0.179 e. The lowest BCUT2D eigenvalue weighted by molar-refractivity contribution is 0.102. The number of ketones is 1. The van der Waals surface area contributed by atoms with Crippen molar-refractivity contribution < 1.29 is 4.79 Å². The fraction of sp³-hybridized carbons (Fsp3) is 0.385. The molecule has 2 heterocycles. The molecule has 0 saturated heterocycles. The Kier molecular flexibility index (Phi) is 3.88. The quantitative estimate of drug-likeness (QED) is 0.637. The highest BCUT2D eigenvalue weighted by molar-refractivity contribution is 7.11. The molecule has 5 heteroatoms. The van der Waals surface area contributed by atoms with Gasteiger partial charge in [0.1, 0.15) is 5.01 Å². The van der Waals surface area contributed by atoms with E-state index in [-0.39, 0.29) is 11.7 Å². The van der Waals surface area contributed by atoms with Crippen LogP contribution in [0.25, 0.3) is 0 Å². The summed E-state index contributed by atoms with van der Waals surface area (Å²) in [6.45, 7) is 6.70. The number of alkyl halides is 1. The normalized spacial score (nSPS) is 10.9. The molecule has 0 fully saturated rings. The number of aromatic nitrogens is 2. The van der Waals surface area contributed by atoms with Crippen LogP contribution in [0.1, 0.15) is 31.6 Å². The summed E-state index contributed by atoms with van der Waals surface area (Å²) in [6.07, 6.45) is 1.87. The zero-order valence-electron chi connectivity index (χ0n) is 10.7. The molecule has 0 aliphatic rings. The van der Waals surface area contributed by atoms with Crippen molar-refractivity contribution in [2.24, 2.45) is 0 Å². The van der Waals surface area contributed by atoms with Crippen molar-refractivity contribution >= 4 is 28.7 Å². The van der Waals surface area contributed by atoms with Crippen molar-refractivity contribution in [1.82, 2.24) is 9.55 Å². The molecule has 0 N–H and O–H groups in total. The van der Waals surface area contributed by atoms with E-state index >= 15 is 0 Å². The zero-order chi connectivity index (χ0) is 13.3. The van der Waals surface area contributed by atoms with Crippen LogP contribution in [0.4, 0.5) is 0 Å². The molecule has 0 atom stereocenters. The molecule has 0 aliphatic carbocycles. The fourth-order valence-electron chi connectivity index (χ4n) is 2.01. The van der Waals surface area contributed by atoms with Crippen LogP contribution in [0.3, 0.4) is 0 Å². The highest BCUT2D eigenvalue weighted by atomic mass is 35.5. The van der Waals surface area contributed by atoms with E-state index in [4.69, 9.17) is 11.6 Å². The van der Waals surface area contributed by atoms with Gasteiger partial charge in [-0.1, -0.05) is 0 Å². The Labute approximate surface area is 115 Å². The number of carbonyl (C=O) groups excluding carboxylic acids is 1. The van der Waals surface area contributed by atoms with E-state index in [1.54, 1.807) is 11.3 Å². The van der Waals surface area contributed by atoms with Crippen molar-refractivity contribution in [3.05, 3.63) is 39.1 Å². The third-order valence-electron chi connectivity index (χ3n) is 2.96. The molecular formula is C13H15ClN2OS. The molecule has 0 spiro atoms. The second-order valence-corrected chi connectivity index (χ2v) is 5.88. The molecule has 2 aromatic heterocycles. The van der Waals surface area contributed by atoms with Crippen LogP contribution >= 0.6 is 22.9 Å². The predicted octanol–water partition coefficient (Wildman–Crippen LogP) is 3.34. The number of aryl methyl sites for hydroxylation is 2. The van der Waals surface area contributed by atoms with Crippen LogP contribution < -0.4 is 0 Å². The number of hydrogen-bond donors (Lipinski definition) is 0. The van der Waals surface area contributed by atoms with Crippen molar-refractivity contribution in [2.75, 3.05) is 5.88 Å². The Bertz CT molecular complexity index is 586. The Hall–Kier alpha value is -1.13. The summed E-state index contributed by atoms with van der Waals surface area (Å²) in [4.78, 5) is 17.3. The number of nitrogens with zero attached hydrogens (tertiary/aromatic N) is 2. The first-order chi connectivity index (χ1) is 8.52. The van der Waals surface area contributed by atoms with E-state index in [2.05, 4.69) is 9.55 Å². The lowest BCUT2D eigenvalue weighted by atomic mass is 10.2. The standard InChI is InChI=1S/C13H15ClN2OS/c1-8-4-11(12(17)5-14)10(3)16(8)7-13-15-6-9(2)18-13/h4,6H,5,7H2,1-3H3. The summed E-state index contributed by atoms with van der Waals surface area (Å²) >= 11 is 7.29. The molecule has 0 unspecified atom stereocenters. The minimum atomic E-state index is -0.0219. The van der Waals surface area contributed by atoms with E-state index in [1.807, 2.05) is 33.0 Å². The summed E-state index contributed by atoms with van der Waals surface area (Å²) in [5.74, 6) is 0.00651. The molecule has 0 aromatic carbocycles. The average Bonchev–Trinajstić information content (AvgIpc) is 2.87. The van der Waals surface area contributed by atoms with E-state index in [0.29, 0.717) is 6.54 Å². The monoisotopic (exact) mass is 282 g/mol. The lowest BCUT2D eigenvalue weighted by Gasteiger charge is -2.07. The van der Waals surface area contributed by atoms with Crippen LogP contribution in [-0.2, 0) is 6.54 Å². The molecular weight excluding hydrogens is 268 g/mol. The van der Waals surface area contributed by atoms with Crippen LogP contribution in [0.5, 0.6) is 0 Å². The van der Waals surface area contributed by atoms with Gasteiger partial charge in [-0.2, -0.15) is 0 Å². The molecule has 2 rings (SSSR count). The number of carbonyl (C=O) groups is 1. The van der Waals surface area contributed by atoms with Gasteiger partial charge in [-0.15, -0.1) is 22.9 Å². The van der Waals surface area contributed by atoms with Gasteiger partial charge >= 0.3 is 0 Å². The summed E-state index contributed by atoms with van der Waals surface area (Å²) < 4.78 is 2.11. The first-order valence-electron chi connectivity index (χ1n) is 5.70. The Morgan fingerprint density at radius 3 is 2.72 bits per heavy atom. The largest absolute Gasteiger partial charge is 0.342 e. The highest BCUT2D eigenvalue weighted by Gasteiger charge is 2.15. The minimum Gasteiger partial charge on any atom is -0.342 e. The Balaban J connectivity index is 2.34. The molecule has 0 aliphatic heterocycles. The third-order valence-corrected chi connectivity index (χ3v) is 4.10. The van der Waals surface area contributed by atoms with Gasteiger partial charge in [0.05, 0.1) is 12.4 Å². The van der Waals surface area contributed by atoms with Gasteiger partial charge in [-0.05, 0) is 26.8 Å². The first kappa shape index (κ1) is 13.3. The molecule has 18 heavy (non-hydrogen) atoms. The van der Waals surface area contributed by atoms with Crippen LogP contribution in [0.2, 0.25) is 0 Å². The third kappa shape index (κ3) is 2.49. The molecule has 0 saturated carbocycles. The van der Waals surface area contributed by atoms with E-state index in [0.717, 1.165) is 22.0 Å². The Morgan fingerprint density at radius 2 is 2.17 bits per heavy atom.